The topological polar surface area (TPSA) is 50.1 Å². The molecule has 3 rings (SSSR count). The van der Waals surface area contributed by atoms with Crippen molar-refractivity contribution in [1.82, 2.24) is 10.3 Å². The van der Waals surface area contributed by atoms with Gasteiger partial charge in [0.15, 0.2) is 5.58 Å². The summed E-state index contributed by atoms with van der Waals surface area (Å²) >= 11 is 0. The average Bonchev–Trinajstić information content (AvgIpc) is 2.80. The molecule has 2 N–H and O–H groups in total. The third-order valence-corrected chi connectivity index (χ3v) is 3.06. The maximum absolute atomic E-state index is 5.47. The van der Waals surface area contributed by atoms with Crippen molar-refractivity contribution in [3.05, 3.63) is 24.7 Å². The summed E-state index contributed by atoms with van der Waals surface area (Å²) in [4.78, 5) is 4.21. The number of rotatable bonds is 2. The second-order valence-corrected chi connectivity index (χ2v) is 4.19. The molecule has 0 saturated carbocycles. The summed E-state index contributed by atoms with van der Waals surface area (Å²) < 4.78 is 5.47. The molecule has 1 aliphatic heterocycles. The van der Waals surface area contributed by atoms with Crippen molar-refractivity contribution >= 4 is 29.1 Å². The van der Waals surface area contributed by atoms with E-state index in [9.17, 15) is 0 Å². The highest BCUT2D eigenvalue weighted by molar-refractivity contribution is 5.87. The highest BCUT2D eigenvalue weighted by Crippen LogP contribution is 2.24. The average molecular weight is 254 g/mol. The molecular formula is C12H16ClN3O. The summed E-state index contributed by atoms with van der Waals surface area (Å²) in [5.74, 6) is 0. The lowest BCUT2D eigenvalue weighted by Crippen LogP contribution is -2.35. The van der Waals surface area contributed by atoms with Gasteiger partial charge in [-0.2, -0.15) is 0 Å². The quantitative estimate of drug-likeness (QED) is 0.863. The van der Waals surface area contributed by atoms with E-state index >= 15 is 0 Å². The van der Waals surface area contributed by atoms with Crippen LogP contribution in [-0.4, -0.2) is 24.1 Å². The van der Waals surface area contributed by atoms with Crippen molar-refractivity contribution in [2.24, 2.45) is 0 Å². The Morgan fingerprint density at radius 1 is 1.29 bits per heavy atom. The Morgan fingerprint density at radius 3 is 2.94 bits per heavy atom. The first-order valence-corrected chi connectivity index (χ1v) is 5.72. The summed E-state index contributed by atoms with van der Waals surface area (Å²) in [5.41, 5.74) is 1.92. The van der Waals surface area contributed by atoms with E-state index in [1.807, 2.05) is 18.5 Å². The van der Waals surface area contributed by atoms with E-state index in [2.05, 4.69) is 15.6 Å². The van der Waals surface area contributed by atoms with Gasteiger partial charge in [-0.15, -0.1) is 12.4 Å². The number of furan rings is 1. The number of hydrogen-bond donors (Lipinski definition) is 2. The molecule has 4 nitrogen and oxygen atoms in total. The molecule has 0 unspecified atom stereocenters. The maximum atomic E-state index is 5.47. The second kappa shape index (κ2) is 5.38. The second-order valence-electron chi connectivity index (χ2n) is 4.19. The van der Waals surface area contributed by atoms with Crippen molar-refractivity contribution < 1.29 is 4.42 Å². The SMILES string of the molecule is Cl.c1cc2cncc(NC3CCNCC3)c2o1. The highest BCUT2D eigenvalue weighted by Gasteiger charge is 2.14. The van der Waals surface area contributed by atoms with Gasteiger partial charge in [-0.1, -0.05) is 0 Å². The van der Waals surface area contributed by atoms with Gasteiger partial charge in [0.1, 0.15) is 0 Å². The number of hydrogen-bond acceptors (Lipinski definition) is 4. The summed E-state index contributed by atoms with van der Waals surface area (Å²) in [6.45, 7) is 2.17. The zero-order valence-corrected chi connectivity index (χ0v) is 10.3. The third-order valence-electron chi connectivity index (χ3n) is 3.06. The molecule has 5 heteroatoms. The molecule has 0 amide bonds. The zero-order valence-electron chi connectivity index (χ0n) is 9.48. The lowest BCUT2D eigenvalue weighted by atomic mass is 10.1. The maximum Gasteiger partial charge on any atom is 0.160 e. The summed E-state index contributed by atoms with van der Waals surface area (Å²) in [7, 11) is 0. The number of fused-ring (bicyclic) bond motifs is 1. The van der Waals surface area contributed by atoms with E-state index in [4.69, 9.17) is 4.42 Å². The predicted molar refractivity (Wildman–Crippen MR) is 70.8 cm³/mol. The normalized spacial score (nSPS) is 16.7. The van der Waals surface area contributed by atoms with Gasteiger partial charge in [0.2, 0.25) is 0 Å². The van der Waals surface area contributed by atoms with Crippen LogP contribution >= 0.6 is 12.4 Å². The Balaban J connectivity index is 0.00000108. The number of piperidine rings is 1. The standard InChI is InChI=1S/C12H15N3O.ClH/c1-4-13-5-2-10(1)15-11-8-14-7-9-3-6-16-12(9)11;/h3,6-8,10,13,15H,1-2,4-5H2;1H. The van der Waals surface area contributed by atoms with Gasteiger partial charge in [-0.25, -0.2) is 0 Å². The Hall–Kier alpha value is -1.26. The molecule has 0 aliphatic carbocycles. The molecule has 0 bridgehead atoms. The molecule has 1 saturated heterocycles. The minimum atomic E-state index is 0. The van der Waals surface area contributed by atoms with Gasteiger partial charge >= 0.3 is 0 Å². The number of aromatic nitrogens is 1. The van der Waals surface area contributed by atoms with Crippen LogP contribution in [0.3, 0.4) is 0 Å². The van der Waals surface area contributed by atoms with Gasteiger partial charge < -0.3 is 15.1 Å². The fourth-order valence-electron chi connectivity index (χ4n) is 2.18. The smallest absolute Gasteiger partial charge is 0.160 e. The lowest BCUT2D eigenvalue weighted by molar-refractivity contribution is 0.478. The Kier molecular flexibility index (Phi) is 3.86. The molecule has 0 radical (unpaired) electrons. The number of anilines is 1. The third kappa shape index (κ3) is 2.53. The van der Waals surface area contributed by atoms with Crippen LogP contribution in [0.5, 0.6) is 0 Å². The van der Waals surface area contributed by atoms with Crippen LogP contribution in [0, 0.1) is 0 Å². The Bertz CT molecular complexity index is 479. The highest BCUT2D eigenvalue weighted by atomic mass is 35.5. The van der Waals surface area contributed by atoms with Gasteiger partial charge in [-0.3, -0.25) is 4.98 Å². The molecule has 1 fully saturated rings. The summed E-state index contributed by atoms with van der Waals surface area (Å²) in [6, 6.07) is 2.47. The van der Waals surface area contributed by atoms with E-state index < -0.39 is 0 Å². The first-order valence-electron chi connectivity index (χ1n) is 5.72. The van der Waals surface area contributed by atoms with Crippen molar-refractivity contribution in [3.63, 3.8) is 0 Å². The van der Waals surface area contributed by atoms with Crippen molar-refractivity contribution in [2.75, 3.05) is 18.4 Å². The zero-order chi connectivity index (χ0) is 10.8. The fraction of sp³-hybridized carbons (Fsp3) is 0.417. The molecule has 3 heterocycles. The fourth-order valence-corrected chi connectivity index (χ4v) is 2.18. The van der Waals surface area contributed by atoms with Gasteiger partial charge in [-0.05, 0) is 32.0 Å². The summed E-state index contributed by atoms with van der Waals surface area (Å²) in [5, 5.41) is 7.92. The molecule has 17 heavy (non-hydrogen) atoms. The number of pyridine rings is 1. The van der Waals surface area contributed by atoms with Gasteiger partial charge in [0.05, 0.1) is 18.1 Å². The largest absolute Gasteiger partial charge is 0.462 e. The van der Waals surface area contributed by atoms with Crippen LogP contribution in [0.2, 0.25) is 0 Å². The van der Waals surface area contributed by atoms with E-state index in [-0.39, 0.29) is 12.4 Å². The monoisotopic (exact) mass is 253 g/mol. The number of halogens is 1. The summed E-state index contributed by atoms with van der Waals surface area (Å²) in [6.07, 6.45) is 7.68. The minimum absolute atomic E-state index is 0. The lowest BCUT2D eigenvalue weighted by Gasteiger charge is -2.24. The number of nitrogens with zero attached hydrogens (tertiary/aromatic N) is 1. The molecule has 2 aromatic heterocycles. The Morgan fingerprint density at radius 2 is 2.12 bits per heavy atom. The van der Waals surface area contributed by atoms with E-state index in [1.165, 1.54) is 0 Å². The van der Waals surface area contributed by atoms with Crippen LogP contribution < -0.4 is 10.6 Å². The predicted octanol–water partition coefficient (Wildman–Crippen LogP) is 2.41. The Labute approximate surface area is 106 Å². The molecule has 92 valence electrons. The van der Waals surface area contributed by atoms with Crippen LogP contribution in [0.4, 0.5) is 5.69 Å². The molecule has 2 aromatic rings. The van der Waals surface area contributed by atoms with E-state index in [0.717, 1.165) is 42.6 Å². The van der Waals surface area contributed by atoms with Crippen molar-refractivity contribution in [3.8, 4) is 0 Å². The van der Waals surface area contributed by atoms with Crippen molar-refractivity contribution in [1.29, 1.82) is 0 Å². The van der Waals surface area contributed by atoms with Crippen LogP contribution in [0.15, 0.2) is 29.1 Å². The van der Waals surface area contributed by atoms with Crippen LogP contribution in [0.25, 0.3) is 11.0 Å². The molecular weight excluding hydrogens is 238 g/mol. The van der Waals surface area contributed by atoms with E-state index in [1.54, 1.807) is 6.26 Å². The van der Waals surface area contributed by atoms with Gasteiger partial charge in [0, 0.05) is 17.6 Å². The molecule has 0 spiro atoms. The van der Waals surface area contributed by atoms with Crippen molar-refractivity contribution in [2.45, 2.75) is 18.9 Å². The van der Waals surface area contributed by atoms with Crippen LogP contribution in [0.1, 0.15) is 12.8 Å². The molecule has 0 aromatic carbocycles. The number of nitrogens with one attached hydrogen (secondary N) is 2. The van der Waals surface area contributed by atoms with Gasteiger partial charge in [0.25, 0.3) is 0 Å². The molecule has 1 aliphatic rings. The minimum Gasteiger partial charge on any atom is -0.462 e. The molecule has 0 atom stereocenters. The first kappa shape index (κ1) is 12.2. The van der Waals surface area contributed by atoms with Crippen LogP contribution in [-0.2, 0) is 0 Å². The first-order chi connectivity index (χ1) is 7.93. The van der Waals surface area contributed by atoms with E-state index in [0.29, 0.717) is 6.04 Å².